The average molecular weight is 219 g/mol. The van der Waals surface area contributed by atoms with Gasteiger partial charge in [0.05, 0.1) is 12.1 Å². The summed E-state index contributed by atoms with van der Waals surface area (Å²) in [5, 5.41) is 0. The zero-order valence-electron chi connectivity index (χ0n) is 9.01. The fraction of sp³-hybridized carbons (Fsp3) is 0.273. The van der Waals surface area contributed by atoms with Gasteiger partial charge in [-0.2, -0.15) is 0 Å². The van der Waals surface area contributed by atoms with Crippen molar-refractivity contribution in [3.8, 4) is 0 Å². The Morgan fingerprint density at radius 3 is 3.06 bits per heavy atom. The van der Waals surface area contributed by atoms with Crippen LogP contribution in [0.2, 0.25) is 0 Å². The monoisotopic (exact) mass is 219 g/mol. The van der Waals surface area contributed by atoms with Crippen molar-refractivity contribution in [1.82, 2.24) is 9.38 Å². The number of hydrogen-bond acceptors (Lipinski definition) is 4. The van der Waals surface area contributed by atoms with Crippen molar-refractivity contribution < 1.29 is 9.53 Å². The summed E-state index contributed by atoms with van der Waals surface area (Å²) in [5.41, 5.74) is 7.55. The number of fused-ring (bicyclic) bond motifs is 1. The van der Waals surface area contributed by atoms with Gasteiger partial charge in [-0.05, 0) is 19.1 Å². The molecule has 16 heavy (non-hydrogen) atoms. The van der Waals surface area contributed by atoms with Gasteiger partial charge in [0.1, 0.15) is 6.33 Å². The average Bonchev–Trinajstić information content (AvgIpc) is 2.72. The fourth-order valence-electron chi connectivity index (χ4n) is 1.60. The number of pyridine rings is 1. The summed E-state index contributed by atoms with van der Waals surface area (Å²) in [6.07, 6.45) is 1.59. The Hall–Kier alpha value is -1.88. The zero-order chi connectivity index (χ0) is 11.5. The molecule has 0 atom stereocenters. The van der Waals surface area contributed by atoms with Crippen LogP contribution >= 0.6 is 0 Å². The van der Waals surface area contributed by atoms with E-state index in [4.69, 9.17) is 10.5 Å². The van der Waals surface area contributed by atoms with Crippen LogP contribution in [-0.4, -0.2) is 22.0 Å². The maximum absolute atomic E-state index is 11.6. The molecule has 0 fully saturated rings. The van der Waals surface area contributed by atoms with E-state index >= 15 is 0 Å². The van der Waals surface area contributed by atoms with E-state index < -0.39 is 5.97 Å². The van der Waals surface area contributed by atoms with Crippen molar-refractivity contribution in [2.75, 3.05) is 6.61 Å². The minimum atomic E-state index is -0.404. The Labute approximate surface area is 92.8 Å². The number of nitrogens with two attached hydrogens (primary N) is 1. The van der Waals surface area contributed by atoms with Crippen molar-refractivity contribution in [3.63, 3.8) is 0 Å². The number of esters is 1. The quantitative estimate of drug-likeness (QED) is 0.781. The maximum atomic E-state index is 11.6. The van der Waals surface area contributed by atoms with Crippen LogP contribution in [0.15, 0.2) is 24.5 Å². The first-order valence-corrected chi connectivity index (χ1v) is 5.10. The minimum absolute atomic E-state index is 0.331. The highest BCUT2D eigenvalue weighted by Gasteiger charge is 2.14. The first kappa shape index (κ1) is 10.6. The van der Waals surface area contributed by atoms with Gasteiger partial charge in [-0.25, -0.2) is 9.78 Å². The molecule has 0 aliphatic heterocycles. The lowest BCUT2D eigenvalue weighted by atomic mass is 10.3. The van der Waals surface area contributed by atoms with Gasteiger partial charge in [0.15, 0.2) is 5.69 Å². The van der Waals surface area contributed by atoms with Crippen molar-refractivity contribution >= 4 is 11.5 Å². The third-order valence-corrected chi connectivity index (χ3v) is 2.33. The summed E-state index contributed by atoms with van der Waals surface area (Å²) in [5.74, 6) is -0.404. The molecule has 5 heteroatoms. The normalized spacial score (nSPS) is 10.6. The number of nitrogens with zero attached hydrogens (tertiary/aromatic N) is 2. The van der Waals surface area contributed by atoms with Gasteiger partial charge in [0.2, 0.25) is 0 Å². The summed E-state index contributed by atoms with van der Waals surface area (Å²) in [4.78, 5) is 15.6. The van der Waals surface area contributed by atoms with Crippen LogP contribution in [-0.2, 0) is 11.3 Å². The van der Waals surface area contributed by atoms with E-state index in [0.29, 0.717) is 18.8 Å². The molecule has 2 aromatic heterocycles. The van der Waals surface area contributed by atoms with Crippen molar-refractivity contribution in [2.24, 2.45) is 5.73 Å². The third kappa shape index (κ3) is 1.65. The first-order chi connectivity index (χ1) is 7.77. The fourth-order valence-corrected chi connectivity index (χ4v) is 1.60. The van der Waals surface area contributed by atoms with Crippen molar-refractivity contribution in [3.05, 3.63) is 35.9 Å². The van der Waals surface area contributed by atoms with Crippen LogP contribution in [0.25, 0.3) is 5.52 Å². The van der Waals surface area contributed by atoms with E-state index in [1.807, 2.05) is 18.2 Å². The molecule has 2 aromatic rings. The van der Waals surface area contributed by atoms with Gasteiger partial charge in [0, 0.05) is 12.2 Å². The van der Waals surface area contributed by atoms with Crippen molar-refractivity contribution in [1.29, 1.82) is 0 Å². The van der Waals surface area contributed by atoms with Crippen molar-refractivity contribution in [2.45, 2.75) is 13.5 Å². The van der Waals surface area contributed by atoms with Gasteiger partial charge in [-0.3, -0.25) is 0 Å². The number of aromatic nitrogens is 2. The zero-order valence-corrected chi connectivity index (χ0v) is 9.01. The minimum Gasteiger partial charge on any atom is -0.461 e. The molecule has 0 aliphatic rings. The van der Waals surface area contributed by atoms with Gasteiger partial charge in [0.25, 0.3) is 0 Å². The lowest BCUT2D eigenvalue weighted by Gasteiger charge is -2.02. The maximum Gasteiger partial charge on any atom is 0.359 e. The van der Waals surface area contributed by atoms with Gasteiger partial charge >= 0.3 is 5.97 Å². The molecule has 0 aliphatic carbocycles. The highest BCUT2D eigenvalue weighted by molar-refractivity contribution is 5.94. The second-order valence-corrected chi connectivity index (χ2v) is 3.29. The van der Waals surface area contributed by atoms with E-state index in [-0.39, 0.29) is 0 Å². The molecular weight excluding hydrogens is 206 g/mol. The van der Waals surface area contributed by atoms with Crippen LogP contribution in [0.1, 0.15) is 23.1 Å². The van der Waals surface area contributed by atoms with E-state index in [1.165, 1.54) is 0 Å². The van der Waals surface area contributed by atoms with Crippen LogP contribution in [0.3, 0.4) is 0 Å². The molecule has 0 saturated heterocycles. The highest BCUT2D eigenvalue weighted by atomic mass is 16.5. The van der Waals surface area contributed by atoms with Crippen LogP contribution in [0, 0.1) is 0 Å². The third-order valence-electron chi connectivity index (χ3n) is 2.33. The molecule has 5 nitrogen and oxygen atoms in total. The SMILES string of the molecule is CCOC(=O)c1ncn2c(CN)cccc12. The van der Waals surface area contributed by atoms with Crippen LogP contribution in [0.4, 0.5) is 0 Å². The predicted octanol–water partition coefficient (Wildman–Crippen LogP) is 0.970. The topological polar surface area (TPSA) is 69.6 Å². The Balaban J connectivity index is 2.53. The van der Waals surface area contributed by atoms with E-state index in [9.17, 15) is 4.79 Å². The number of ether oxygens (including phenoxy) is 1. The van der Waals surface area contributed by atoms with Crippen LogP contribution in [0.5, 0.6) is 0 Å². The second-order valence-electron chi connectivity index (χ2n) is 3.29. The largest absolute Gasteiger partial charge is 0.461 e. The number of carbonyl (C=O) groups excluding carboxylic acids is 1. The van der Waals surface area contributed by atoms with Crippen LogP contribution < -0.4 is 5.73 Å². The molecule has 0 amide bonds. The van der Waals surface area contributed by atoms with E-state index in [0.717, 1.165) is 11.2 Å². The van der Waals surface area contributed by atoms with Gasteiger partial charge in [-0.1, -0.05) is 6.07 Å². The molecule has 0 radical (unpaired) electrons. The molecule has 0 spiro atoms. The van der Waals surface area contributed by atoms with E-state index in [2.05, 4.69) is 4.98 Å². The predicted molar refractivity (Wildman–Crippen MR) is 59.0 cm³/mol. The van der Waals surface area contributed by atoms with E-state index in [1.54, 1.807) is 17.7 Å². The molecule has 0 saturated carbocycles. The number of carbonyl (C=O) groups is 1. The molecule has 0 bridgehead atoms. The summed E-state index contributed by atoms with van der Waals surface area (Å²) in [6.45, 7) is 2.51. The Morgan fingerprint density at radius 1 is 1.56 bits per heavy atom. The molecule has 0 aromatic carbocycles. The molecule has 84 valence electrons. The number of imidazole rings is 1. The molecule has 0 unspecified atom stereocenters. The number of rotatable bonds is 3. The smallest absolute Gasteiger partial charge is 0.359 e. The highest BCUT2D eigenvalue weighted by Crippen LogP contribution is 2.13. The summed E-state index contributed by atoms with van der Waals surface area (Å²) in [6, 6.07) is 5.56. The standard InChI is InChI=1S/C11H13N3O2/c1-2-16-11(15)10-9-5-3-4-8(6-12)14(9)7-13-10/h3-5,7H,2,6,12H2,1H3. The molecule has 2 N–H and O–H groups in total. The molecule has 2 heterocycles. The Kier molecular flexibility index (Phi) is 2.87. The lowest BCUT2D eigenvalue weighted by molar-refractivity contribution is 0.0522. The first-order valence-electron chi connectivity index (χ1n) is 5.10. The van der Waals surface area contributed by atoms with Gasteiger partial charge in [-0.15, -0.1) is 0 Å². The molecular formula is C11H13N3O2. The summed E-state index contributed by atoms with van der Waals surface area (Å²) >= 11 is 0. The second kappa shape index (κ2) is 4.32. The number of hydrogen-bond donors (Lipinski definition) is 1. The Morgan fingerprint density at radius 2 is 2.38 bits per heavy atom. The summed E-state index contributed by atoms with van der Waals surface area (Å²) in [7, 11) is 0. The van der Waals surface area contributed by atoms with Gasteiger partial charge < -0.3 is 14.9 Å². The lowest BCUT2D eigenvalue weighted by Crippen LogP contribution is -2.06. The Bertz CT molecular complexity index is 519. The summed E-state index contributed by atoms with van der Waals surface area (Å²) < 4.78 is 6.72. The molecule has 2 rings (SSSR count).